The molecule has 15 heavy (non-hydrogen) atoms. The van der Waals surface area contributed by atoms with Crippen LogP contribution in [0.1, 0.15) is 20.8 Å². The molecule has 3 nitrogen and oxygen atoms in total. The van der Waals surface area contributed by atoms with Crippen molar-refractivity contribution in [3.63, 3.8) is 0 Å². The highest BCUT2D eigenvalue weighted by Crippen LogP contribution is 2.02. The maximum Gasteiger partial charge on any atom is 0.336 e. The van der Waals surface area contributed by atoms with E-state index in [2.05, 4.69) is 6.58 Å². The van der Waals surface area contributed by atoms with Gasteiger partial charge in [0.1, 0.15) is 0 Å². The molecule has 0 fully saturated rings. The third-order valence-corrected chi connectivity index (χ3v) is 1.59. The number of rotatable bonds is 7. The molecule has 0 N–H and O–H groups in total. The first-order valence-electron chi connectivity index (χ1n) is 5.18. The number of allylic oxidation sites excluding steroid dienone is 2. The lowest BCUT2D eigenvalue weighted by Gasteiger charge is -2.09. The Morgan fingerprint density at radius 2 is 2.13 bits per heavy atom. The standard InChI is InChI=1S/C12H20O3/c1-5-7-11(9-14-6-2)12(13)15-8-10(3)4/h5,7,10H,1,6,8-9H2,2-4H3. The second-order valence-corrected chi connectivity index (χ2v) is 3.56. The highest BCUT2D eigenvalue weighted by molar-refractivity contribution is 5.89. The van der Waals surface area contributed by atoms with Gasteiger partial charge in [-0.05, 0) is 12.8 Å². The van der Waals surface area contributed by atoms with Crippen molar-refractivity contribution in [2.45, 2.75) is 20.8 Å². The van der Waals surface area contributed by atoms with E-state index in [4.69, 9.17) is 9.47 Å². The fourth-order valence-electron chi connectivity index (χ4n) is 0.864. The first-order chi connectivity index (χ1) is 7.11. The average Bonchev–Trinajstić information content (AvgIpc) is 2.20. The molecule has 0 aliphatic heterocycles. The minimum Gasteiger partial charge on any atom is -0.462 e. The molecule has 0 aliphatic rings. The van der Waals surface area contributed by atoms with Gasteiger partial charge in [-0.15, -0.1) is 0 Å². The number of carbonyl (C=O) groups excluding carboxylic acids is 1. The molecule has 0 aromatic carbocycles. The van der Waals surface area contributed by atoms with Crippen LogP contribution in [-0.4, -0.2) is 25.8 Å². The third kappa shape index (κ3) is 6.91. The van der Waals surface area contributed by atoms with Crippen LogP contribution >= 0.6 is 0 Å². The maximum absolute atomic E-state index is 11.5. The molecule has 0 spiro atoms. The molecular weight excluding hydrogens is 192 g/mol. The quantitative estimate of drug-likeness (QED) is 0.369. The molecule has 0 saturated heterocycles. The highest BCUT2D eigenvalue weighted by Gasteiger charge is 2.10. The lowest BCUT2D eigenvalue weighted by atomic mass is 10.2. The summed E-state index contributed by atoms with van der Waals surface area (Å²) in [6.07, 6.45) is 3.18. The molecule has 0 bridgehead atoms. The van der Waals surface area contributed by atoms with Crippen molar-refractivity contribution >= 4 is 5.97 Å². The van der Waals surface area contributed by atoms with Gasteiger partial charge in [-0.3, -0.25) is 0 Å². The van der Waals surface area contributed by atoms with Crippen LogP contribution < -0.4 is 0 Å². The van der Waals surface area contributed by atoms with E-state index in [9.17, 15) is 4.79 Å². The topological polar surface area (TPSA) is 35.5 Å². The molecule has 86 valence electrons. The zero-order valence-corrected chi connectivity index (χ0v) is 9.79. The molecule has 0 heterocycles. The van der Waals surface area contributed by atoms with Crippen LogP contribution in [0.3, 0.4) is 0 Å². The van der Waals surface area contributed by atoms with Gasteiger partial charge in [-0.1, -0.05) is 32.6 Å². The van der Waals surface area contributed by atoms with E-state index in [1.807, 2.05) is 20.8 Å². The molecule has 0 aromatic heterocycles. The number of hydrogen-bond donors (Lipinski definition) is 0. The van der Waals surface area contributed by atoms with E-state index < -0.39 is 0 Å². The van der Waals surface area contributed by atoms with E-state index in [0.717, 1.165) is 0 Å². The summed E-state index contributed by atoms with van der Waals surface area (Å²) in [5.74, 6) is 0.0167. The molecule has 3 heteroatoms. The van der Waals surface area contributed by atoms with Gasteiger partial charge in [0.2, 0.25) is 0 Å². The summed E-state index contributed by atoms with van der Waals surface area (Å²) in [6, 6.07) is 0. The molecule has 0 aliphatic carbocycles. The van der Waals surface area contributed by atoms with Gasteiger partial charge >= 0.3 is 5.97 Å². The summed E-state index contributed by atoms with van der Waals surface area (Å²) in [5, 5.41) is 0. The van der Waals surface area contributed by atoms with Crippen LogP contribution in [0, 0.1) is 5.92 Å². The predicted molar refractivity (Wildman–Crippen MR) is 60.6 cm³/mol. The van der Waals surface area contributed by atoms with Gasteiger partial charge in [-0.25, -0.2) is 4.79 Å². The summed E-state index contributed by atoms with van der Waals surface area (Å²) in [4.78, 5) is 11.5. The van der Waals surface area contributed by atoms with Gasteiger partial charge in [0, 0.05) is 6.61 Å². The Morgan fingerprint density at radius 1 is 1.47 bits per heavy atom. The van der Waals surface area contributed by atoms with Gasteiger partial charge in [0.25, 0.3) is 0 Å². The molecule has 0 rings (SSSR count). The number of ether oxygens (including phenoxy) is 2. The van der Waals surface area contributed by atoms with Crippen molar-refractivity contribution in [2.75, 3.05) is 19.8 Å². The minimum atomic E-state index is -0.322. The Bertz CT molecular complexity index is 229. The van der Waals surface area contributed by atoms with Crippen molar-refractivity contribution in [3.05, 3.63) is 24.3 Å². The van der Waals surface area contributed by atoms with Gasteiger partial charge in [-0.2, -0.15) is 0 Å². The fraction of sp³-hybridized carbons (Fsp3) is 0.583. The Labute approximate surface area is 91.8 Å². The SMILES string of the molecule is C=CC=C(COCC)C(=O)OCC(C)C. The van der Waals surface area contributed by atoms with Gasteiger partial charge in [0.05, 0.1) is 18.8 Å². The number of esters is 1. The van der Waals surface area contributed by atoms with E-state index >= 15 is 0 Å². The first-order valence-corrected chi connectivity index (χ1v) is 5.18. The van der Waals surface area contributed by atoms with Crippen molar-refractivity contribution in [1.82, 2.24) is 0 Å². The van der Waals surface area contributed by atoms with Crippen molar-refractivity contribution < 1.29 is 14.3 Å². The Morgan fingerprint density at radius 3 is 2.60 bits per heavy atom. The van der Waals surface area contributed by atoms with E-state index in [-0.39, 0.29) is 12.6 Å². The van der Waals surface area contributed by atoms with E-state index in [1.54, 1.807) is 12.2 Å². The second kappa shape index (κ2) is 8.24. The minimum absolute atomic E-state index is 0.277. The lowest BCUT2D eigenvalue weighted by Crippen LogP contribution is -2.15. The van der Waals surface area contributed by atoms with E-state index in [1.165, 1.54) is 0 Å². The van der Waals surface area contributed by atoms with Crippen molar-refractivity contribution in [1.29, 1.82) is 0 Å². The number of carbonyl (C=O) groups is 1. The van der Waals surface area contributed by atoms with Crippen LogP contribution in [0.4, 0.5) is 0 Å². The molecule has 0 atom stereocenters. The monoisotopic (exact) mass is 212 g/mol. The molecule has 0 aromatic rings. The summed E-state index contributed by atoms with van der Waals surface area (Å²) < 4.78 is 10.2. The molecule has 0 amide bonds. The zero-order valence-electron chi connectivity index (χ0n) is 9.79. The number of hydrogen-bond acceptors (Lipinski definition) is 3. The van der Waals surface area contributed by atoms with Crippen LogP contribution in [0.25, 0.3) is 0 Å². The maximum atomic E-state index is 11.5. The van der Waals surface area contributed by atoms with Crippen LogP contribution in [0.15, 0.2) is 24.3 Å². The summed E-state index contributed by atoms with van der Waals surface area (Å²) in [7, 11) is 0. The van der Waals surface area contributed by atoms with Crippen molar-refractivity contribution in [3.8, 4) is 0 Å². The Balaban J connectivity index is 4.17. The summed E-state index contributed by atoms with van der Waals surface area (Å²) in [6.45, 7) is 10.7. The molecular formula is C12H20O3. The first kappa shape index (κ1) is 13.9. The summed E-state index contributed by atoms with van der Waals surface area (Å²) >= 11 is 0. The summed E-state index contributed by atoms with van der Waals surface area (Å²) in [5.41, 5.74) is 0.507. The van der Waals surface area contributed by atoms with Gasteiger partial charge < -0.3 is 9.47 Å². The van der Waals surface area contributed by atoms with Crippen LogP contribution in [0.5, 0.6) is 0 Å². The third-order valence-electron chi connectivity index (χ3n) is 1.59. The molecule has 0 radical (unpaired) electrons. The average molecular weight is 212 g/mol. The fourth-order valence-corrected chi connectivity index (χ4v) is 0.864. The lowest BCUT2D eigenvalue weighted by molar-refractivity contribution is -0.140. The predicted octanol–water partition coefficient (Wildman–Crippen LogP) is 2.33. The Hall–Kier alpha value is -1.09. The van der Waals surface area contributed by atoms with Crippen LogP contribution in [-0.2, 0) is 14.3 Å². The second-order valence-electron chi connectivity index (χ2n) is 3.56. The van der Waals surface area contributed by atoms with E-state index in [0.29, 0.717) is 24.7 Å². The largest absolute Gasteiger partial charge is 0.462 e. The zero-order chi connectivity index (χ0) is 11.7. The van der Waals surface area contributed by atoms with Gasteiger partial charge in [0.15, 0.2) is 0 Å². The molecule has 0 unspecified atom stereocenters. The highest BCUT2D eigenvalue weighted by atomic mass is 16.5. The molecule has 0 saturated carbocycles. The normalized spacial score (nSPS) is 11.6. The smallest absolute Gasteiger partial charge is 0.336 e. The van der Waals surface area contributed by atoms with Crippen molar-refractivity contribution in [2.24, 2.45) is 5.92 Å². The Kier molecular flexibility index (Phi) is 7.64. The van der Waals surface area contributed by atoms with Crippen LogP contribution in [0.2, 0.25) is 0 Å².